The van der Waals surface area contributed by atoms with Gasteiger partial charge in [0, 0.05) is 30.5 Å². The maximum absolute atomic E-state index is 11.1. The minimum Gasteiger partial charge on any atom is -0.507 e. The fourth-order valence-electron chi connectivity index (χ4n) is 2.99. The number of rotatable bonds is 7. The van der Waals surface area contributed by atoms with Gasteiger partial charge in [-0.2, -0.15) is 0 Å². The molecule has 3 N–H and O–H groups in total. The van der Waals surface area contributed by atoms with Crippen LogP contribution in [0.5, 0.6) is 5.75 Å². The quantitative estimate of drug-likeness (QED) is 0.391. The van der Waals surface area contributed by atoms with Crippen LogP contribution in [-0.2, 0) is 4.79 Å². The third-order valence-electron chi connectivity index (χ3n) is 4.48. The number of amides is 1. The molecule has 1 amide bonds. The third-order valence-corrected chi connectivity index (χ3v) is 5.23. The SMILES string of the molecule is CSc1ccc(-c2cc(NCCNC(C)=O)nc(-c3cc(C)ccc3O)c2)cc1. The molecule has 3 rings (SSSR count). The summed E-state index contributed by atoms with van der Waals surface area (Å²) in [5.74, 6) is 0.827. The first-order valence-corrected chi connectivity index (χ1v) is 10.6. The van der Waals surface area contributed by atoms with Crippen LogP contribution >= 0.6 is 11.8 Å². The van der Waals surface area contributed by atoms with E-state index >= 15 is 0 Å². The van der Waals surface area contributed by atoms with E-state index in [1.165, 1.54) is 11.8 Å². The highest BCUT2D eigenvalue weighted by Crippen LogP contribution is 2.33. The number of aromatic nitrogens is 1. The van der Waals surface area contributed by atoms with Crippen molar-refractivity contribution >= 4 is 23.5 Å². The van der Waals surface area contributed by atoms with Crippen molar-refractivity contribution in [2.45, 2.75) is 18.7 Å². The van der Waals surface area contributed by atoms with Gasteiger partial charge in [0.15, 0.2) is 0 Å². The van der Waals surface area contributed by atoms with Crippen molar-refractivity contribution in [1.29, 1.82) is 0 Å². The number of anilines is 1. The predicted molar refractivity (Wildman–Crippen MR) is 120 cm³/mol. The first-order chi connectivity index (χ1) is 14.0. The lowest BCUT2D eigenvalue weighted by molar-refractivity contribution is -0.118. The Morgan fingerprint density at radius 1 is 1.03 bits per heavy atom. The van der Waals surface area contributed by atoms with Crippen LogP contribution < -0.4 is 10.6 Å². The van der Waals surface area contributed by atoms with Crippen LogP contribution in [0.4, 0.5) is 5.82 Å². The zero-order valence-corrected chi connectivity index (χ0v) is 17.6. The summed E-state index contributed by atoms with van der Waals surface area (Å²) in [6.45, 7) is 4.55. The number of thioether (sulfide) groups is 1. The summed E-state index contributed by atoms with van der Waals surface area (Å²) in [5.41, 5.74) is 4.51. The Labute approximate surface area is 175 Å². The van der Waals surface area contributed by atoms with Crippen molar-refractivity contribution in [2.24, 2.45) is 0 Å². The average Bonchev–Trinajstić information content (AvgIpc) is 2.72. The van der Waals surface area contributed by atoms with Gasteiger partial charge in [-0.3, -0.25) is 4.79 Å². The average molecular weight is 408 g/mol. The van der Waals surface area contributed by atoms with Gasteiger partial charge < -0.3 is 15.7 Å². The highest BCUT2D eigenvalue weighted by Gasteiger charge is 2.11. The molecule has 3 aromatic rings. The summed E-state index contributed by atoms with van der Waals surface area (Å²) in [6.07, 6.45) is 2.05. The molecule has 6 heteroatoms. The Balaban J connectivity index is 1.99. The molecule has 150 valence electrons. The first kappa shape index (κ1) is 20.7. The summed E-state index contributed by atoms with van der Waals surface area (Å²) in [5, 5.41) is 16.4. The van der Waals surface area contributed by atoms with E-state index in [1.807, 2.05) is 31.2 Å². The summed E-state index contributed by atoms with van der Waals surface area (Å²) >= 11 is 1.70. The number of aromatic hydroxyl groups is 1. The summed E-state index contributed by atoms with van der Waals surface area (Å²) in [6, 6.07) is 17.8. The first-order valence-electron chi connectivity index (χ1n) is 9.41. The summed E-state index contributed by atoms with van der Waals surface area (Å²) < 4.78 is 0. The third kappa shape index (κ3) is 5.51. The number of aryl methyl sites for hydroxylation is 1. The molecule has 0 atom stereocenters. The monoisotopic (exact) mass is 407 g/mol. The second-order valence-corrected chi connectivity index (χ2v) is 7.66. The largest absolute Gasteiger partial charge is 0.507 e. The van der Waals surface area contributed by atoms with Crippen molar-refractivity contribution in [3.05, 3.63) is 60.2 Å². The van der Waals surface area contributed by atoms with E-state index in [-0.39, 0.29) is 11.7 Å². The molecule has 0 aliphatic carbocycles. The van der Waals surface area contributed by atoms with Gasteiger partial charge in [0.25, 0.3) is 0 Å². The normalized spacial score (nSPS) is 10.6. The number of carbonyl (C=O) groups is 1. The number of nitrogens with zero attached hydrogens (tertiary/aromatic N) is 1. The number of pyridine rings is 1. The van der Waals surface area contributed by atoms with Crippen molar-refractivity contribution < 1.29 is 9.90 Å². The van der Waals surface area contributed by atoms with E-state index in [1.54, 1.807) is 17.8 Å². The topological polar surface area (TPSA) is 74.2 Å². The summed E-state index contributed by atoms with van der Waals surface area (Å²) in [4.78, 5) is 17.0. The molecule has 1 heterocycles. The maximum atomic E-state index is 11.1. The molecule has 0 bridgehead atoms. The molecule has 2 aromatic carbocycles. The number of nitrogens with one attached hydrogen (secondary N) is 2. The van der Waals surface area contributed by atoms with Crippen LogP contribution in [0.1, 0.15) is 12.5 Å². The predicted octanol–water partition coefficient (Wildman–Crippen LogP) is 4.70. The number of hydrogen-bond acceptors (Lipinski definition) is 5. The van der Waals surface area contributed by atoms with E-state index < -0.39 is 0 Å². The number of phenolic OH excluding ortho intramolecular Hbond substituents is 1. The van der Waals surface area contributed by atoms with Gasteiger partial charge in [-0.15, -0.1) is 11.8 Å². The molecule has 0 aliphatic heterocycles. The highest BCUT2D eigenvalue weighted by atomic mass is 32.2. The van der Waals surface area contributed by atoms with Crippen LogP contribution in [-0.4, -0.2) is 35.3 Å². The van der Waals surface area contributed by atoms with Crippen molar-refractivity contribution in [3.63, 3.8) is 0 Å². The molecule has 0 saturated heterocycles. The Hall–Kier alpha value is -2.99. The van der Waals surface area contributed by atoms with Gasteiger partial charge in [0.2, 0.25) is 5.91 Å². The minimum atomic E-state index is -0.0623. The fraction of sp³-hybridized carbons (Fsp3) is 0.217. The molecule has 29 heavy (non-hydrogen) atoms. The van der Waals surface area contributed by atoms with E-state index in [4.69, 9.17) is 4.98 Å². The lowest BCUT2D eigenvalue weighted by atomic mass is 10.0. The number of benzene rings is 2. The van der Waals surface area contributed by atoms with Gasteiger partial charge in [0.05, 0.1) is 5.69 Å². The number of phenols is 1. The number of carbonyl (C=O) groups excluding carboxylic acids is 1. The molecule has 0 spiro atoms. The minimum absolute atomic E-state index is 0.0623. The Bertz CT molecular complexity index is 1000. The van der Waals surface area contributed by atoms with E-state index in [0.717, 1.165) is 16.7 Å². The van der Waals surface area contributed by atoms with E-state index in [0.29, 0.717) is 30.2 Å². The van der Waals surface area contributed by atoms with Gasteiger partial charge >= 0.3 is 0 Å². The molecular weight excluding hydrogens is 382 g/mol. The van der Waals surface area contributed by atoms with Gasteiger partial charge in [-0.25, -0.2) is 4.98 Å². The molecular formula is C23H25N3O2S. The van der Waals surface area contributed by atoms with Gasteiger partial charge in [0.1, 0.15) is 11.6 Å². The second-order valence-electron chi connectivity index (χ2n) is 6.79. The Kier molecular flexibility index (Phi) is 6.77. The molecule has 0 saturated carbocycles. The van der Waals surface area contributed by atoms with Crippen LogP contribution in [0.25, 0.3) is 22.4 Å². The Morgan fingerprint density at radius 2 is 1.79 bits per heavy atom. The zero-order valence-electron chi connectivity index (χ0n) is 16.8. The summed E-state index contributed by atoms with van der Waals surface area (Å²) in [7, 11) is 0. The van der Waals surface area contributed by atoms with Gasteiger partial charge in [-0.05, 0) is 60.7 Å². The molecule has 1 aromatic heterocycles. The highest BCUT2D eigenvalue weighted by molar-refractivity contribution is 7.98. The van der Waals surface area contributed by atoms with Gasteiger partial charge in [-0.1, -0.05) is 23.8 Å². The van der Waals surface area contributed by atoms with Crippen LogP contribution in [0, 0.1) is 6.92 Å². The fourth-order valence-corrected chi connectivity index (χ4v) is 3.40. The molecule has 0 aliphatic rings. The molecule has 0 radical (unpaired) electrons. The van der Waals surface area contributed by atoms with Crippen molar-refractivity contribution in [1.82, 2.24) is 10.3 Å². The lowest BCUT2D eigenvalue weighted by Crippen LogP contribution is -2.26. The molecule has 0 unspecified atom stereocenters. The number of hydrogen-bond donors (Lipinski definition) is 3. The van der Waals surface area contributed by atoms with Crippen molar-refractivity contribution in [3.8, 4) is 28.1 Å². The van der Waals surface area contributed by atoms with Crippen LogP contribution in [0.3, 0.4) is 0 Å². The smallest absolute Gasteiger partial charge is 0.216 e. The lowest BCUT2D eigenvalue weighted by Gasteiger charge is -2.13. The second kappa shape index (κ2) is 9.47. The maximum Gasteiger partial charge on any atom is 0.216 e. The van der Waals surface area contributed by atoms with Crippen LogP contribution in [0.15, 0.2) is 59.5 Å². The standard InChI is InChI=1S/C23H25N3O2S/c1-15-4-9-22(28)20(12-15)21-13-18(17-5-7-19(29-3)8-6-17)14-23(26-21)25-11-10-24-16(2)27/h4-9,12-14,28H,10-11H2,1-3H3,(H,24,27)(H,25,26). The van der Waals surface area contributed by atoms with E-state index in [2.05, 4.69) is 41.2 Å². The molecule has 0 fully saturated rings. The van der Waals surface area contributed by atoms with Crippen LogP contribution in [0.2, 0.25) is 0 Å². The zero-order chi connectivity index (χ0) is 20.8. The van der Waals surface area contributed by atoms with E-state index in [9.17, 15) is 9.90 Å². The Morgan fingerprint density at radius 3 is 2.48 bits per heavy atom. The van der Waals surface area contributed by atoms with Crippen molar-refractivity contribution in [2.75, 3.05) is 24.7 Å². The molecule has 5 nitrogen and oxygen atoms in total.